The Balaban J connectivity index is 2.77. The molecule has 1 aromatic rings. The quantitative estimate of drug-likeness (QED) is 0.366. The Morgan fingerprint density at radius 1 is 1.08 bits per heavy atom. The van der Waals surface area contributed by atoms with E-state index in [0.717, 1.165) is 24.9 Å². The lowest BCUT2D eigenvalue weighted by molar-refractivity contribution is -0.164. The van der Waals surface area contributed by atoms with E-state index in [1.807, 2.05) is 37.4 Å². The SMILES string of the molecule is CNCCCC[C@@H](C(=O)OCc1ccccc1)N(COC(C)=O)C(C)=O. The Hall–Kier alpha value is -2.41. The van der Waals surface area contributed by atoms with E-state index in [9.17, 15) is 14.4 Å². The largest absolute Gasteiger partial charge is 0.459 e. The maximum Gasteiger partial charge on any atom is 0.329 e. The van der Waals surface area contributed by atoms with Crippen LogP contribution in [-0.2, 0) is 30.5 Å². The molecule has 0 radical (unpaired) electrons. The van der Waals surface area contributed by atoms with Gasteiger partial charge in [-0.3, -0.25) is 14.5 Å². The van der Waals surface area contributed by atoms with Crippen molar-refractivity contribution < 1.29 is 23.9 Å². The Bertz CT molecular complexity index is 577. The minimum absolute atomic E-state index is 0.131. The fourth-order valence-corrected chi connectivity index (χ4v) is 2.43. The van der Waals surface area contributed by atoms with E-state index in [1.165, 1.54) is 18.7 Å². The van der Waals surface area contributed by atoms with Crippen LogP contribution in [0.25, 0.3) is 0 Å². The third-order valence-corrected chi connectivity index (χ3v) is 3.84. The van der Waals surface area contributed by atoms with E-state index >= 15 is 0 Å². The van der Waals surface area contributed by atoms with Gasteiger partial charge in [0.25, 0.3) is 0 Å². The molecule has 7 nitrogen and oxygen atoms in total. The van der Waals surface area contributed by atoms with E-state index in [-0.39, 0.29) is 19.2 Å². The molecule has 7 heteroatoms. The first-order valence-electron chi connectivity index (χ1n) is 8.71. The molecule has 1 N–H and O–H groups in total. The topological polar surface area (TPSA) is 84.9 Å². The lowest BCUT2D eigenvalue weighted by Gasteiger charge is -2.28. The normalized spacial score (nSPS) is 11.5. The van der Waals surface area contributed by atoms with Crippen molar-refractivity contribution in [3.63, 3.8) is 0 Å². The van der Waals surface area contributed by atoms with E-state index < -0.39 is 18.0 Å². The molecule has 0 fully saturated rings. The number of rotatable bonds is 11. The number of benzene rings is 1. The predicted octanol–water partition coefficient (Wildman–Crippen LogP) is 1.86. The highest BCUT2D eigenvalue weighted by atomic mass is 16.6. The van der Waals surface area contributed by atoms with Crippen molar-refractivity contribution in [2.24, 2.45) is 0 Å². The monoisotopic (exact) mass is 364 g/mol. The third kappa shape index (κ3) is 8.11. The van der Waals surface area contributed by atoms with Crippen molar-refractivity contribution in [2.75, 3.05) is 20.3 Å². The molecule has 26 heavy (non-hydrogen) atoms. The molecule has 0 aromatic heterocycles. The number of nitrogens with zero attached hydrogens (tertiary/aromatic N) is 1. The van der Waals surface area contributed by atoms with Gasteiger partial charge < -0.3 is 14.8 Å². The Morgan fingerprint density at radius 3 is 2.35 bits per heavy atom. The molecule has 1 aromatic carbocycles. The first-order valence-corrected chi connectivity index (χ1v) is 8.71. The van der Waals surface area contributed by atoms with Crippen LogP contribution in [0, 0.1) is 0 Å². The van der Waals surface area contributed by atoms with E-state index in [1.54, 1.807) is 0 Å². The zero-order valence-electron chi connectivity index (χ0n) is 15.7. The molecule has 144 valence electrons. The minimum atomic E-state index is -0.785. The molecule has 1 rings (SSSR count). The molecule has 0 aliphatic heterocycles. The van der Waals surface area contributed by atoms with Gasteiger partial charge in [0.05, 0.1) is 0 Å². The van der Waals surface area contributed by atoms with Gasteiger partial charge in [-0.05, 0) is 38.4 Å². The highest BCUT2D eigenvalue weighted by molar-refractivity contribution is 5.83. The summed E-state index contributed by atoms with van der Waals surface area (Å²) in [6, 6.07) is 8.54. The second-order valence-corrected chi connectivity index (χ2v) is 5.96. The maximum absolute atomic E-state index is 12.6. The second kappa shape index (κ2) is 12.0. The Morgan fingerprint density at radius 2 is 1.77 bits per heavy atom. The minimum Gasteiger partial charge on any atom is -0.459 e. The molecule has 0 saturated carbocycles. The van der Waals surface area contributed by atoms with Gasteiger partial charge in [0, 0.05) is 13.8 Å². The number of carbonyl (C=O) groups is 3. The average Bonchev–Trinajstić information content (AvgIpc) is 2.62. The lowest BCUT2D eigenvalue weighted by atomic mass is 10.1. The number of amides is 1. The summed E-state index contributed by atoms with van der Waals surface area (Å²) >= 11 is 0. The van der Waals surface area contributed by atoms with Crippen LogP contribution in [-0.4, -0.2) is 49.1 Å². The highest BCUT2D eigenvalue weighted by Crippen LogP contribution is 2.13. The Labute approximate surface area is 154 Å². The second-order valence-electron chi connectivity index (χ2n) is 5.96. The third-order valence-electron chi connectivity index (χ3n) is 3.84. The lowest BCUT2D eigenvalue weighted by Crippen LogP contribution is -2.46. The van der Waals surface area contributed by atoms with E-state index in [2.05, 4.69) is 5.32 Å². The van der Waals surface area contributed by atoms with Crippen LogP contribution < -0.4 is 5.32 Å². The molecule has 0 saturated heterocycles. The van der Waals surface area contributed by atoms with Gasteiger partial charge in [0.1, 0.15) is 12.6 Å². The van der Waals surface area contributed by atoms with Gasteiger partial charge in [-0.15, -0.1) is 0 Å². The number of esters is 2. The van der Waals surface area contributed by atoms with Crippen LogP contribution in [0.2, 0.25) is 0 Å². The van der Waals surface area contributed by atoms with Crippen molar-refractivity contribution in [3.05, 3.63) is 35.9 Å². The number of unbranched alkanes of at least 4 members (excludes halogenated alkanes) is 1. The summed E-state index contributed by atoms with van der Waals surface area (Å²) in [5.41, 5.74) is 0.865. The standard InChI is InChI=1S/C19H28N2O5/c1-15(22)21(14-26-16(2)23)18(11-7-8-12-20-3)19(24)25-13-17-9-5-4-6-10-17/h4-6,9-10,18,20H,7-8,11-14H2,1-3H3/t18-/m0/s1. The van der Waals surface area contributed by atoms with Crippen molar-refractivity contribution in [3.8, 4) is 0 Å². The van der Waals surface area contributed by atoms with E-state index in [0.29, 0.717) is 6.42 Å². The number of carbonyl (C=O) groups excluding carboxylic acids is 3. The summed E-state index contributed by atoms with van der Waals surface area (Å²) in [5.74, 6) is -1.36. The van der Waals surface area contributed by atoms with Crippen LogP contribution >= 0.6 is 0 Å². The molecular weight excluding hydrogens is 336 g/mol. The van der Waals surface area contributed by atoms with Gasteiger partial charge in [-0.2, -0.15) is 0 Å². The zero-order valence-corrected chi connectivity index (χ0v) is 15.7. The molecule has 0 unspecified atom stereocenters. The summed E-state index contributed by atoms with van der Waals surface area (Å²) in [7, 11) is 1.86. The summed E-state index contributed by atoms with van der Waals surface area (Å²) in [4.78, 5) is 36.9. The van der Waals surface area contributed by atoms with Crippen LogP contribution in [0.15, 0.2) is 30.3 Å². The molecule has 0 aliphatic carbocycles. The number of ether oxygens (including phenoxy) is 2. The van der Waals surface area contributed by atoms with Gasteiger partial charge in [0.15, 0.2) is 6.73 Å². The maximum atomic E-state index is 12.6. The van der Waals surface area contributed by atoms with E-state index in [4.69, 9.17) is 9.47 Å². The van der Waals surface area contributed by atoms with Crippen molar-refractivity contribution in [1.29, 1.82) is 0 Å². The number of hydrogen-bond donors (Lipinski definition) is 1. The smallest absolute Gasteiger partial charge is 0.329 e. The molecule has 0 bridgehead atoms. The van der Waals surface area contributed by atoms with Gasteiger partial charge in [-0.1, -0.05) is 30.3 Å². The van der Waals surface area contributed by atoms with Gasteiger partial charge in [0.2, 0.25) is 5.91 Å². The first-order chi connectivity index (χ1) is 12.5. The molecule has 1 amide bonds. The summed E-state index contributed by atoms with van der Waals surface area (Å²) in [5, 5.41) is 3.04. The van der Waals surface area contributed by atoms with Crippen LogP contribution in [0.3, 0.4) is 0 Å². The summed E-state index contributed by atoms with van der Waals surface area (Å²) in [6.45, 7) is 3.28. The van der Waals surface area contributed by atoms with Gasteiger partial charge >= 0.3 is 11.9 Å². The molecule has 0 aliphatic rings. The molecular formula is C19H28N2O5. The van der Waals surface area contributed by atoms with Gasteiger partial charge in [-0.25, -0.2) is 4.79 Å². The van der Waals surface area contributed by atoms with Crippen molar-refractivity contribution in [2.45, 2.75) is 45.8 Å². The summed E-state index contributed by atoms with van der Waals surface area (Å²) in [6.07, 6.45) is 2.03. The summed E-state index contributed by atoms with van der Waals surface area (Å²) < 4.78 is 10.3. The molecule has 0 spiro atoms. The molecule has 1 atom stereocenters. The van der Waals surface area contributed by atoms with Crippen molar-refractivity contribution >= 4 is 17.8 Å². The Kier molecular flexibility index (Phi) is 10.0. The molecule has 0 heterocycles. The first kappa shape index (κ1) is 21.6. The predicted molar refractivity (Wildman–Crippen MR) is 97.0 cm³/mol. The fourth-order valence-electron chi connectivity index (χ4n) is 2.43. The van der Waals surface area contributed by atoms with Crippen molar-refractivity contribution in [1.82, 2.24) is 10.2 Å². The highest BCUT2D eigenvalue weighted by Gasteiger charge is 2.29. The van der Waals surface area contributed by atoms with Crippen LogP contribution in [0.4, 0.5) is 0 Å². The number of nitrogens with one attached hydrogen (secondary N) is 1. The zero-order chi connectivity index (χ0) is 19.4. The van der Waals surface area contributed by atoms with Crippen LogP contribution in [0.5, 0.6) is 0 Å². The number of hydrogen-bond acceptors (Lipinski definition) is 6. The average molecular weight is 364 g/mol. The fraction of sp³-hybridized carbons (Fsp3) is 0.526. The van der Waals surface area contributed by atoms with Crippen LogP contribution in [0.1, 0.15) is 38.7 Å².